The fourth-order valence-electron chi connectivity index (χ4n) is 3.21. The van der Waals surface area contributed by atoms with Crippen LogP contribution in [-0.4, -0.2) is 54.2 Å². The van der Waals surface area contributed by atoms with Crippen LogP contribution in [0.25, 0.3) is 5.69 Å². The second kappa shape index (κ2) is 6.14. The molecular formula is C17H18N6O2. The molecule has 0 radical (unpaired) electrons. The molecule has 1 fully saturated rings. The number of benzene rings is 1. The largest absolute Gasteiger partial charge is 0.382 e. The highest BCUT2D eigenvalue weighted by atomic mass is 16.3. The zero-order valence-corrected chi connectivity index (χ0v) is 13.5. The Labute approximate surface area is 144 Å². The lowest BCUT2D eigenvalue weighted by molar-refractivity contribution is -0.0320. The third-order valence-corrected chi connectivity index (χ3v) is 4.53. The predicted octanol–water partition coefficient (Wildman–Crippen LogP) is 1.11. The van der Waals surface area contributed by atoms with E-state index >= 15 is 0 Å². The van der Waals surface area contributed by atoms with Gasteiger partial charge in [0.25, 0.3) is 5.91 Å². The maximum atomic E-state index is 12.8. The van der Waals surface area contributed by atoms with Crippen molar-refractivity contribution in [3.63, 3.8) is 0 Å². The van der Waals surface area contributed by atoms with E-state index in [1.54, 1.807) is 27.9 Å². The Morgan fingerprint density at radius 2 is 2.12 bits per heavy atom. The van der Waals surface area contributed by atoms with Crippen LogP contribution in [-0.2, 0) is 5.60 Å². The molecule has 1 aliphatic rings. The van der Waals surface area contributed by atoms with E-state index in [1.807, 2.05) is 24.4 Å². The molecule has 1 aliphatic heterocycles. The number of carbonyl (C=O) groups is 1. The molecule has 4 rings (SSSR count). The number of aromatic amines is 1. The summed E-state index contributed by atoms with van der Waals surface area (Å²) in [7, 11) is 0. The number of hydrogen-bond acceptors (Lipinski definition) is 5. The van der Waals surface area contributed by atoms with E-state index in [0.29, 0.717) is 30.6 Å². The van der Waals surface area contributed by atoms with Crippen molar-refractivity contribution < 1.29 is 9.90 Å². The van der Waals surface area contributed by atoms with Crippen molar-refractivity contribution in [2.45, 2.75) is 18.4 Å². The van der Waals surface area contributed by atoms with Gasteiger partial charge in [-0.15, -0.1) is 0 Å². The van der Waals surface area contributed by atoms with Gasteiger partial charge in [0.1, 0.15) is 11.3 Å². The third-order valence-electron chi connectivity index (χ3n) is 4.53. The maximum absolute atomic E-state index is 12.8. The quantitative estimate of drug-likeness (QED) is 0.745. The molecule has 0 bridgehead atoms. The number of rotatable bonds is 3. The first-order valence-electron chi connectivity index (χ1n) is 8.14. The lowest BCUT2D eigenvalue weighted by Gasteiger charge is -2.38. The lowest BCUT2D eigenvalue weighted by Crippen LogP contribution is -2.48. The van der Waals surface area contributed by atoms with Gasteiger partial charge in [-0.25, -0.2) is 4.68 Å². The number of nitrogens with one attached hydrogen (secondary N) is 1. The number of hydrogen-bond donors (Lipinski definition) is 2. The highest BCUT2D eigenvalue weighted by Gasteiger charge is 2.38. The van der Waals surface area contributed by atoms with Crippen LogP contribution in [0.3, 0.4) is 0 Å². The molecule has 3 heterocycles. The van der Waals surface area contributed by atoms with Gasteiger partial charge in [-0.2, -0.15) is 20.5 Å². The molecule has 1 saturated heterocycles. The molecule has 8 heteroatoms. The Hall–Kier alpha value is -3.00. The number of amides is 1. The molecule has 1 aromatic carbocycles. The molecule has 25 heavy (non-hydrogen) atoms. The highest BCUT2D eigenvalue weighted by Crippen LogP contribution is 2.30. The van der Waals surface area contributed by atoms with Crippen LogP contribution in [0.15, 0.2) is 48.9 Å². The van der Waals surface area contributed by atoms with Gasteiger partial charge in [-0.05, 0) is 43.2 Å². The van der Waals surface area contributed by atoms with Crippen LogP contribution in [0, 0.1) is 0 Å². The number of nitrogens with zero attached hydrogens (tertiary/aromatic N) is 5. The number of piperidine rings is 1. The van der Waals surface area contributed by atoms with Crippen LogP contribution in [0.2, 0.25) is 0 Å². The molecule has 3 aromatic rings. The topological polar surface area (TPSA) is 99.9 Å². The Kier molecular flexibility index (Phi) is 3.81. The summed E-state index contributed by atoms with van der Waals surface area (Å²) in [6.45, 7) is 0.819. The average molecular weight is 338 g/mol. The van der Waals surface area contributed by atoms with E-state index in [9.17, 15) is 9.90 Å². The van der Waals surface area contributed by atoms with Crippen molar-refractivity contribution in [2.75, 3.05) is 13.1 Å². The Bertz CT molecular complexity index is 844. The standard InChI is InChI=1S/C17H18N6O2/c24-16(13-3-5-14(6-4-13)23-10-2-8-19-23)22-9-1-7-17(25,12-22)15-11-18-21-20-15/h2-6,8,10-11,25H,1,7,9,12H2,(H,18,20,21)/t17-/m1/s1. The molecule has 2 N–H and O–H groups in total. The number of likely N-dealkylation sites (tertiary alicyclic amines) is 1. The summed E-state index contributed by atoms with van der Waals surface area (Å²) in [5, 5.41) is 25.3. The molecule has 1 amide bonds. The summed E-state index contributed by atoms with van der Waals surface area (Å²) in [6, 6.07) is 9.12. The van der Waals surface area contributed by atoms with Crippen molar-refractivity contribution in [1.82, 2.24) is 30.1 Å². The van der Waals surface area contributed by atoms with E-state index < -0.39 is 5.60 Å². The molecule has 0 aliphatic carbocycles. The minimum absolute atomic E-state index is 0.103. The van der Waals surface area contributed by atoms with Crippen molar-refractivity contribution >= 4 is 5.91 Å². The van der Waals surface area contributed by atoms with E-state index in [2.05, 4.69) is 20.5 Å². The molecular weight excluding hydrogens is 320 g/mol. The summed E-state index contributed by atoms with van der Waals surface area (Å²) in [5.74, 6) is -0.103. The number of carbonyl (C=O) groups excluding carboxylic acids is 1. The average Bonchev–Trinajstić information content (AvgIpc) is 3.35. The van der Waals surface area contributed by atoms with Crippen LogP contribution in [0.5, 0.6) is 0 Å². The van der Waals surface area contributed by atoms with Crippen LogP contribution >= 0.6 is 0 Å². The van der Waals surface area contributed by atoms with Crippen molar-refractivity contribution in [3.05, 3.63) is 60.2 Å². The second-order valence-corrected chi connectivity index (χ2v) is 6.21. The summed E-state index contributed by atoms with van der Waals surface area (Å²) < 4.78 is 1.73. The number of β-amino-alcohol motifs (C(OH)–C–C–N with tert-alkyl or cyclic N) is 1. The van der Waals surface area contributed by atoms with Gasteiger partial charge in [-0.3, -0.25) is 4.79 Å². The fourth-order valence-corrected chi connectivity index (χ4v) is 3.21. The smallest absolute Gasteiger partial charge is 0.253 e. The summed E-state index contributed by atoms with van der Waals surface area (Å²) in [5.41, 5.74) is 0.786. The summed E-state index contributed by atoms with van der Waals surface area (Å²) in [4.78, 5) is 14.5. The monoisotopic (exact) mass is 338 g/mol. The molecule has 2 aromatic heterocycles. The first kappa shape index (κ1) is 15.5. The normalized spacial score (nSPS) is 20.6. The van der Waals surface area contributed by atoms with E-state index in [-0.39, 0.29) is 12.5 Å². The highest BCUT2D eigenvalue weighted by molar-refractivity contribution is 5.94. The van der Waals surface area contributed by atoms with Gasteiger partial charge < -0.3 is 10.0 Å². The first-order chi connectivity index (χ1) is 12.2. The van der Waals surface area contributed by atoms with Crippen LogP contribution < -0.4 is 0 Å². The maximum Gasteiger partial charge on any atom is 0.253 e. The third kappa shape index (κ3) is 2.91. The van der Waals surface area contributed by atoms with Crippen LogP contribution in [0.1, 0.15) is 28.9 Å². The van der Waals surface area contributed by atoms with Gasteiger partial charge in [0.2, 0.25) is 0 Å². The SMILES string of the molecule is O=C(c1ccc(-n2cccn2)cc1)N1CCC[C@](O)(c2cn[nH]n2)C1. The number of aliphatic hydroxyl groups is 1. The Morgan fingerprint density at radius 1 is 1.28 bits per heavy atom. The second-order valence-electron chi connectivity index (χ2n) is 6.21. The molecule has 0 unspecified atom stereocenters. The van der Waals surface area contributed by atoms with Gasteiger partial charge >= 0.3 is 0 Å². The van der Waals surface area contributed by atoms with Crippen LogP contribution in [0.4, 0.5) is 0 Å². The Morgan fingerprint density at radius 3 is 2.80 bits per heavy atom. The summed E-state index contributed by atoms with van der Waals surface area (Å²) >= 11 is 0. The minimum Gasteiger partial charge on any atom is -0.382 e. The first-order valence-corrected chi connectivity index (χ1v) is 8.14. The predicted molar refractivity (Wildman–Crippen MR) is 89.0 cm³/mol. The zero-order chi connectivity index (χ0) is 17.3. The van der Waals surface area contributed by atoms with Gasteiger partial charge in [0.05, 0.1) is 18.4 Å². The number of aromatic nitrogens is 5. The molecule has 128 valence electrons. The van der Waals surface area contributed by atoms with Crippen molar-refractivity contribution in [3.8, 4) is 5.69 Å². The molecule has 1 atom stereocenters. The van der Waals surface area contributed by atoms with E-state index in [0.717, 1.165) is 5.69 Å². The van der Waals surface area contributed by atoms with Gasteiger partial charge in [0.15, 0.2) is 0 Å². The summed E-state index contributed by atoms with van der Waals surface area (Å²) in [6.07, 6.45) is 6.33. The van der Waals surface area contributed by atoms with Crippen molar-refractivity contribution in [2.24, 2.45) is 0 Å². The fraction of sp³-hybridized carbons (Fsp3) is 0.294. The minimum atomic E-state index is -1.16. The van der Waals surface area contributed by atoms with Crippen molar-refractivity contribution in [1.29, 1.82) is 0 Å². The van der Waals surface area contributed by atoms with Gasteiger partial charge in [-0.1, -0.05) is 0 Å². The van der Waals surface area contributed by atoms with E-state index in [1.165, 1.54) is 6.20 Å². The molecule has 0 saturated carbocycles. The number of H-pyrrole nitrogens is 1. The molecule has 0 spiro atoms. The Balaban J connectivity index is 1.52. The molecule has 8 nitrogen and oxygen atoms in total. The van der Waals surface area contributed by atoms with Gasteiger partial charge in [0, 0.05) is 24.5 Å². The lowest BCUT2D eigenvalue weighted by atomic mass is 9.89. The van der Waals surface area contributed by atoms with E-state index in [4.69, 9.17) is 0 Å². The zero-order valence-electron chi connectivity index (χ0n) is 13.5.